The number of rotatable bonds is 8. The fourth-order valence-corrected chi connectivity index (χ4v) is 4.42. The summed E-state index contributed by atoms with van der Waals surface area (Å²) in [6.45, 7) is 4.71. The van der Waals surface area contributed by atoms with Crippen LogP contribution in [0.2, 0.25) is 0 Å². The molecule has 6 nitrogen and oxygen atoms in total. The average Bonchev–Trinajstić information content (AvgIpc) is 2.69. The summed E-state index contributed by atoms with van der Waals surface area (Å²) in [5.74, 6) is -0.482. The van der Waals surface area contributed by atoms with Gasteiger partial charge in [0.25, 0.3) is 0 Å². The second-order valence-corrected chi connectivity index (χ2v) is 9.11. The van der Waals surface area contributed by atoms with Crippen molar-refractivity contribution in [2.24, 2.45) is 11.1 Å². The van der Waals surface area contributed by atoms with Crippen molar-refractivity contribution >= 4 is 11.9 Å². The standard InChI is InChI=1S/C25H32N2O4/c1-25(2)15-18-13-19(31-12-8-4-7-11-17-9-5-3-6-10-17)14-21(28)22(18)20(16-25)23(29)27-24(26)30/h3,5-6,9-10,13-14,20,28H,4,7-8,11-12,15-16H2,1-2H3,(H3,26,27,29,30). The molecule has 1 aliphatic rings. The molecule has 0 saturated heterocycles. The van der Waals surface area contributed by atoms with Crippen LogP contribution in [0, 0.1) is 5.41 Å². The molecule has 1 atom stereocenters. The lowest BCUT2D eigenvalue weighted by Crippen LogP contribution is -2.41. The highest BCUT2D eigenvalue weighted by Gasteiger charge is 2.38. The van der Waals surface area contributed by atoms with Crippen LogP contribution < -0.4 is 15.8 Å². The van der Waals surface area contributed by atoms with Gasteiger partial charge in [0.15, 0.2) is 0 Å². The van der Waals surface area contributed by atoms with E-state index >= 15 is 0 Å². The maximum atomic E-state index is 12.5. The maximum Gasteiger partial charge on any atom is 0.318 e. The minimum atomic E-state index is -0.887. The van der Waals surface area contributed by atoms with Crippen molar-refractivity contribution in [1.82, 2.24) is 5.32 Å². The molecule has 0 bridgehead atoms. The fraction of sp³-hybridized carbons (Fsp3) is 0.440. The molecule has 0 fully saturated rings. The third-order valence-corrected chi connectivity index (χ3v) is 5.78. The summed E-state index contributed by atoms with van der Waals surface area (Å²) >= 11 is 0. The highest BCUT2D eigenvalue weighted by atomic mass is 16.5. The van der Waals surface area contributed by atoms with Gasteiger partial charge in [-0.05, 0) is 61.1 Å². The zero-order valence-corrected chi connectivity index (χ0v) is 18.3. The summed E-state index contributed by atoms with van der Waals surface area (Å²) < 4.78 is 5.90. The number of amides is 3. The number of carbonyl (C=O) groups is 2. The summed E-state index contributed by atoms with van der Waals surface area (Å²) in [7, 11) is 0. The van der Waals surface area contributed by atoms with E-state index in [2.05, 4.69) is 43.4 Å². The molecule has 0 radical (unpaired) electrons. The molecule has 2 aromatic rings. The van der Waals surface area contributed by atoms with Crippen LogP contribution in [0.5, 0.6) is 11.5 Å². The second-order valence-electron chi connectivity index (χ2n) is 9.11. The van der Waals surface area contributed by atoms with Crippen LogP contribution in [0.1, 0.15) is 62.1 Å². The zero-order valence-electron chi connectivity index (χ0n) is 18.3. The number of carbonyl (C=O) groups excluding carboxylic acids is 2. The van der Waals surface area contributed by atoms with Crippen LogP contribution in [-0.2, 0) is 17.6 Å². The van der Waals surface area contributed by atoms with E-state index in [-0.39, 0.29) is 11.2 Å². The summed E-state index contributed by atoms with van der Waals surface area (Å²) in [4.78, 5) is 23.7. The molecule has 6 heteroatoms. The Labute approximate surface area is 183 Å². The number of imide groups is 1. The predicted molar refractivity (Wildman–Crippen MR) is 120 cm³/mol. The van der Waals surface area contributed by atoms with E-state index in [1.807, 2.05) is 12.1 Å². The number of aryl methyl sites for hydroxylation is 1. The molecule has 1 aliphatic carbocycles. The normalized spacial score (nSPS) is 16.9. The van der Waals surface area contributed by atoms with E-state index in [4.69, 9.17) is 10.5 Å². The molecular formula is C25H32N2O4. The molecule has 2 aromatic carbocycles. The van der Waals surface area contributed by atoms with Crippen molar-refractivity contribution in [3.63, 3.8) is 0 Å². The maximum absolute atomic E-state index is 12.5. The van der Waals surface area contributed by atoms with Crippen molar-refractivity contribution in [1.29, 1.82) is 0 Å². The third kappa shape index (κ3) is 6.23. The van der Waals surface area contributed by atoms with Crippen molar-refractivity contribution in [3.05, 3.63) is 59.2 Å². The summed E-state index contributed by atoms with van der Waals surface area (Å²) in [6.07, 6.45) is 5.39. The molecule has 0 aliphatic heterocycles. The average molecular weight is 425 g/mol. The number of unbranched alkanes of at least 4 members (excludes halogenated alkanes) is 2. The number of primary amides is 1. The number of ether oxygens (including phenoxy) is 1. The summed E-state index contributed by atoms with van der Waals surface area (Å²) in [5.41, 5.74) is 7.75. The van der Waals surface area contributed by atoms with E-state index < -0.39 is 17.9 Å². The number of hydrogen-bond donors (Lipinski definition) is 3. The number of phenolic OH excluding ortho intramolecular Hbond substituents is 1. The molecule has 4 N–H and O–H groups in total. The smallest absolute Gasteiger partial charge is 0.318 e. The third-order valence-electron chi connectivity index (χ3n) is 5.78. The van der Waals surface area contributed by atoms with Gasteiger partial charge in [-0.15, -0.1) is 0 Å². The monoisotopic (exact) mass is 424 g/mol. The van der Waals surface area contributed by atoms with Crippen LogP contribution in [-0.4, -0.2) is 23.7 Å². The van der Waals surface area contributed by atoms with Crippen molar-refractivity contribution in [2.75, 3.05) is 6.61 Å². The molecule has 0 saturated carbocycles. The molecule has 0 heterocycles. The fourth-order valence-electron chi connectivity index (χ4n) is 4.42. The summed E-state index contributed by atoms with van der Waals surface area (Å²) in [5, 5.41) is 12.8. The first-order chi connectivity index (χ1) is 14.7. The Bertz CT molecular complexity index is 925. The van der Waals surface area contributed by atoms with Crippen molar-refractivity contribution in [3.8, 4) is 11.5 Å². The van der Waals surface area contributed by atoms with Gasteiger partial charge in [0.05, 0.1) is 12.5 Å². The number of fused-ring (bicyclic) bond motifs is 1. The SMILES string of the molecule is CC1(C)Cc2cc(OCCCCCc3ccccc3)cc(O)c2C(C(=O)NC(N)=O)C1. The van der Waals surface area contributed by atoms with E-state index in [9.17, 15) is 14.7 Å². The van der Waals surface area contributed by atoms with E-state index in [1.54, 1.807) is 6.07 Å². The van der Waals surface area contributed by atoms with E-state index in [1.165, 1.54) is 5.56 Å². The van der Waals surface area contributed by atoms with Crippen molar-refractivity contribution in [2.45, 2.75) is 58.3 Å². The van der Waals surface area contributed by atoms with Crippen LogP contribution in [0.3, 0.4) is 0 Å². The number of urea groups is 1. The molecule has 31 heavy (non-hydrogen) atoms. The largest absolute Gasteiger partial charge is 0.507 e. The number of nitrogens with one attached hydrogen (secondary N) is 1. The molecule has 166 valence electrons. The molecule has 3 amide bonds. The van der Waals surface area contributed by atoms with Gasteiger partial charge in [0.2, 0.25) is 5.91 Å². The van der Waals surface area contributed by atoms with Gasteiger partial charge in [-0.25, -0.2) is 4.79 Å². The first-order valence-electron chi connectivity index (χ1n) is 10.9. The van der Waals surface area contributed by atoms with Gasteiger partial charge in [-0.3, -0.25) is 10.1 Å². The first-order valence-corrected chi connectivity index (χ1v) is 10.9. The zero-order chi connectivity index (χ0) is 22.4. The van der Waals surface area contributed by atoms with E-state index in [0.717, 1.165) is 31.2 Å². The lowest BCUT2D eigenvalue weighted by atomic mass is 9.68. The van der Waals surface area contributed by atoms with Crippen LogP contribution in [0.15, 0.2) is 42.5 Å². The topological polar surface area (TPSA) is 102 Å². The number of aromatic hydroxyl groups is 1. The highest BCUT2D eigenvalue weighted by Crippen LogP contribution is 2.47. The van der Waals surface area contributed by atoms with Gasteiger partial charge in [-0.1, -0.05) is 44.2 Å². The molecule has 0 spiro atoms. The number of benzene rings is 2. The van der Waals surface area contributed by atoms with Gasteiger partial charge < -0.3 is 15.6 Å². The first kappa shape index (κ1) is 22.7. The van der Waals surface area contributed by atoms with Crippen LogP contribution in [0.25, 0.3) is 0 Å². The van der Waals surface area contributed by atoms with Gasteiger partial charge in [-0.2, -0.15) is 0 Å². The minimum absolute atomic E-state index is 0.0247. The molecular weight excluding hydrogens is 392 g/mol. The van der Waals surface area contributed by atoms with Crippen molar-refractivity contribution < 1.29 is 19.4 Å². The Morgan fingerprint density at radius 3 is 2.61 bits per heavy atom. The Kier molecular flexibility index (Phi) is 7.21. The Morgan fingerprint density at radius 2 is 1.90 bits per heavy atom. The van der Waals surface area contributed by atoms with Gasteiger partial charge in [0, 0.05) is 11.6 Å². The van der Waals surface area contributed by atoms with Crippen LogP contribution >= 0.6 is 0 Å². The van der Waals surface area contributed by atoms with Gasteiger partial charge >= 0.3 is 6.03 Å². The Balaban J connectivity index is 1.60. The molecule has 3 rings (SSSR count). The second kappa shape index (κ2) is 9.86. The number of hydrogen-bond acceptors (Lipinski definition) is 4. The Morgan fingerprint density at radius 1 is 1.16 bits per heavy atom. The minimum Gasteiger partial charge on any atom is -0.507 e. The molecule has 1 unspecified atom stereocenters. The predicted octanol–water partition coefficient (Wildman–Crippen LogP) is 4.43. The lowest BCUT2D eigenvalue weighted by molar-refractivity contribution is -0.122. The van der Waals surface area contributed by atoms with E-state index in [0.29, 0.717) is 30.8 Å². The number of phenols is 1. The number of nitrogens with two attached hydrogens (primary N) is 1. The summed E-state index contributed by atoms with van der Waals surface area (Å²) in [6, 6.07) is 13.0. The quantitative estimate of drug-likeness (QED) is 0.545. The van der Waals surface area contributed by atoms with Crippen LogP contribution in [0.4, 0.5) is 4.79 Å². The lowest BCUT2D eigenvalue weighted by Gasteiger charge is -2.36. The van der Waals surface area contributed by atoms with Gasteiger partial charge in [0.1, 0.15) is 11.5 Å². The highest BCUT2D eigenvalue weighted by molar-refractivity contribution is 5.97. The Hall–Kier alpha value is -3.02. The molecule has 0 aromatic heterocycles.